The third-order valence-corrected chi connectivity index (χ3v) is 1.41. The number of anilines is 1. The lowest BCUT2D eigenvalue weighted by Crippen LogP contribution is -2.21. The van der Waals surface area contributed by atoms with Gasteiger partial charge >= 0.3 is 12.2 Å². The van der Waals surface area contributed by atoms with Crippen LogP contribution in [-0.2, 0) is 0 Å². The molecule has 0 aromatic carbocycles. The molecule has 0 saturated heterocycles. The number of halogens is 4. The Balaban J connectivity index is 2.52. The number of nitrogens with one attached hydrogen (secondary N) is 1. The van der Waals surface area contributed by atoms with Crippen LogP contribution < -0.4 is 5.32 Å². The fraction of sp³-hybridized carbons (Fsp3) is 0.667. The molecule has 1 heterocycles. The van der Waals surface area contributed by atoms with Crippen molar-refractivity contribution in [2.45, 2.75) is 18.5 Å². The summed E-state index contributed by atoms with van der Waals surface area (Å²) in [4.78, 5) is 0. The van der Waals surface area contributed by atoms with Crippen LogP contribution in [0.4, 0.5) is 19.2 Å². The van der Waals surface area contributed by atoms with E-state index in [1.165, 1.54) is 0 Å². The van der Waals surface area contributed by atoms with E-state index >= 15 is 0 Å². The Labute approximate surface area is 82.4 Å². The van der Waals surface area contributed by atoms with Crippen molar-refractivity contribution in [2.24, 2.45) is 0 Å². The van der Waals surface area contributed by atoms with Gasteiger partial charge in [0.25, 0.3) is 0 Å². The van der Waals surface area contributed by atoms with Gasteiger partial charge in [0.15, 0.2) is 0 Å². The lowest BCUT2D eigenvalue weighted by atomic mass is 10.5. The third kappa shape index (κ3) is 3.41. The molecular weight excluding hydrogens is 223 g/mol. The van der Waals surface area contributed by atoms with Crippen molar-refractivity contribution >= 4 is 17.6 Å². The van der Waals surface area contributed by atoms with E-state index in [2.05, 4.69) is 10.2 Å². The van der Waals surface area contributed by atoms with Crippen molar-refractivity contribution in [1.29, 1.82) is 0 Å². The molecule has 1 unspecified atom stereocenters. The number of hydrogen-bond donors (Lipinski definition) is 1. The molecule has 1 atom stereocenters. The summed E-state index contributed by atoms with van der Waals surface area (Å²) < 4.78 is 40.0. The molecule has 1 aromatic heterocycles. The van der Waals surface area contributed by atoms with E-state index in [-0.39, 0.29) is 11.9 Å². The van der Waals surface area contributed by atoms with Gasteiger partial charge in [-0.05, 0) is 6.92 Å². The van der Waals surface area contributed by atoms with Gasteiger partial charge < -0.3 is 9.73 Å². The molecule has 1 rings (SSSR count). The quantitative estimate of drug-likeness (QED) is 0.809. The zero-order valence-electron chi connectivity index (χ0n) is 7.10. The maximum absolute atomic E-state index is 11.7. The first-order valence-corrected chi connectivity index (χ1v) is 4.10. The highest BCUT2D eigenvalue weighted by atomic mass is 35.5. The van der Waals surface area contributed by atoms with Gasteiger partial charge in [-0.3, -0.25) is 0 Å². The minimum absolute atomic E-state index is 0.0799. The third-order valence-electron chi connectivity index (χ3n) is 1.22. The van der Waals surface area contributed by atoms with Gasteiger partial charge in [0, 0.05) is 0 Å². The van der Waals surface area contributed by atoms with Crippen LogP contribution in [0.25, 0.3) is 0 Å². The second-order valence-electron chi connectivity index (χ2n) is 2.53. The molecular formula is C6H7ClF3N3O. The highest BCUT2D eigenvalue weighted by molar-refractivity contribution is 6.20. The molecule has 0 radical (unpaired) electrons. The van der Waals surface area contributed by atoms with Crippen molar-refractivity contribution in [3.05, 3.63) is 5.89 Å². The van der Waals surface area contributed by atoms with Crippen LogP contribution in [0, 0.1) is 0 Å². The van der Waals surface area contributed by atoms with Gasteiger partial charge in [0.05, 0.1) is 0 Å². The molecule has 0 bridgehead atoms. The van der Waals surface area contributed by atoms with E-state index in [4.69, 9.17) is 16.0 Å². The molecule has 0 aliphatic carbocycles. The summed E-state index contributed by atoms with van der Waals surface area (Å²) in [5.41, 5.74) is 0. The van der Waals surface area contributed by atoms with Gasteiger partial charge in [-0.25, -0.2) is 0 Å². The first kappa shape index (κ1) is 11.1. The zero-order chi connectivity index (χ0) is 10.8. The first-order valence-electron chi connectivity index (χ1n) is 3.66. The number of alkyl halides is 4. The molecule has 1 aromatic rings. The van der Waals surface area contributed by atoms with Crippen LogP contribution in [0.2, 0.25) is 0 Å². The monoisotopic (exact) mass is 229 g/mol. The van der Waals surface area contributed by atoms with E-state index in [9.17, 15) is 13.2 Å². The van der Waals surface area contributed by atoms with E-state index in [1.807, 2.05) is 5.32 Å². The Hall–Kier alpha value is -0.980. The van der Waals surface area contributed by atoms with Gasteiger partial charge in [0.1, 0.15) is 11.9 Å². The van der Waals surface area contributed by atoms with Crippen LogP contribution in [0.15, 0.2) is 4.42 Å². The summed E-state index contributed by atoms with van der Waals surface area (Å²) in [7, 11) is 0. The molecule has 0 fully saturated rings. The Bertz CT molecular complexity index is 299. The van der Waals surface area contributed by atoms with E-state index in [0.717, 1.165) is 0 Å². The van der Waals surface area contributed by atoms with Crippen LogP contribution in [-0.4, -0.2) is 22.9 Å². The van der Waals surface area contributed by atoms with Crippen molar-refractivity contribution < 1.29 is 17.6 Å². The second kappa shape index (κ2) is 4.04. The summed E-state index contributed by atoms with van der Waals surface area (Å²) in [6, 6.07) is -0.287. The van der Waals surface area contributed by atoms with Crippen LogP contribution in [0.5, 0.6) is 0 Å². The average molecular weight is 230 g/mol. The minimum atomic E-state index is -4.32. The number of rotatable bonds is 3. The normalized spacial score (nSPS) is 14.1. The van der Waals surface area contributed by atoms with Gasteiger partial charge in [0.2, 0.25) is 5.89 Å². The van der Waals surface area contributed by atoms with E-state index < -0.39 is 18.1 Å². The molecule has 0 spiro atoms. The maximum Gasteiger partial charge on any atom is 0.405 e. The van der Waals surface area contributed by atoms with Crippen molar-refractivity contribution in [2.75, 3.05) is 11.9 Å². The Morgan fingerprint density at radius 1 is 1.50 bits per heavy atom. The Kier molecular flexibility index (Phi) is 3.20. The predicted molar refractivity (Wildman–Crippen MR) is 43.1 cm³/mol. The lowest BCUT2D eigenvalue weighted by Gasteiger charge is -2.04. The van der Waals surface area contributed by atoms with E-state index in [1.54, 1.807) is 6.92 Å². The number of hydrogen-bond acceptors (Lipinski definition) is 4. The van der Waals surface area contributed by atoms with Crippen molar-refractivity contribution in [3.8, 4) is 0 Å². The maximum atomic E-state index is 11.7. The molecule has 0 aliphatic rings. The van der Waals surface area contributed by atoms with Crippen molar-refractivity contribution in [3.63, 3.8) is 0 Å². The van der Waals surface area contributed by atoms with Crippen LogP contribution >= 0.6 is 11.6 Å². The second-order valence-corrected chi connectivity index (χ2v) is 3.18. The summed E-state index contributed by atoms with van der Waals surface area (Å²) in [6.45, 7) is 0.355. The van der Waals surface area contributed by atoms with Gasteiger partial charge in [-0.15, -0.1) is 16.7 Å². The Morgan fingerprint density at radius 3 is 2.57 bits per heavy atom. The largest absolute Gasteiger partial charge is 0.407 e. The SMILES string of the molecule is CC(Cl)c1nnc(NCC(F)(F)F)o1. The fourth-order valence-corrected chi connectivity index (χ4v) is 0.731. The topological polar surface area (TPSA) is 51.0 Å². The predicted octanol–water partition coefficient (Wildman–Crippen LogP) is 2.34. The Morgan fingerprint density at radius 2 is 2.14 bits per heavy atom. The molecule has 4 nitrogen and oxygen atoms in total. The highest BCUT2D eigenvalue weighted by Gasteiger charge is 2.27. The molecule has 14 heavy (non-hydrogen) atoms. The van der Waals surface area contributed by atoms with Gasteiger partial charge in [-0.1, -0.05) is 5.10 Å². The minimum Gasteiger partial charge on any atom is -0.407 e. The summed E-state index contributed by atoms with van der Waals surface area (Å²) >= 11 is 5.56. The average Bonchev–Trinajstić information content (AvgIpc) is 2.47. The van der Waals surface area contributed by atoms with Gasteiger partial charge in [-0.2, -0.15) is 13.2 Å². The highest BCUT2D eigenvalue weighted by Crippen LogP contribution is 2.20. The summed E-state index contributed by atoms with van der Waals surface area (Å²) in [5.74, 6) is 0.0799. The molecule has 8 heteroatoms. The van der Waals surface area contributed by atoms with Crippen molar-refractivity contribution in [1.82, 2.24) is 10.2 Å². The smallest absolute Gasteiger partial charge is 0.405 e. The lowest BCUT2D eigenvalue weighted by molar-refractivity contribution is -0.115. The molecule has 0 amide bonds. The molecule has 1 N–H and O–H groups in total. The van der Waals surface area contributed by atoms with Crippen LogP contribution in [0.3, 0.4) is 0 Å². The molecule has 0 saturated carbocycles. The zero-order valence-corrected chi connectivity index (χ0v) is 7.85. The summed E-state index contributed by atoms with van der Waals surface area (Å²) in [6.07, 6.45) is -4.32. The number of aromatic nitrogens is 2. The van der Waals surface area contributed by atoms with E-state index in [0.29, 0.717) is 0 Å². The number of nitrogens with zero attached hydrogens (tertiary/aromatic N) is 2. The standard InChI is InChI=1S/C6H7ClF3N3O/c1-3(7)4-12-13-5(14-4)11-2-6(8,9)10/h3H,2H2,1H3,(H,11,13). The summed E-state index contributed by atoms with van der Waals surface area (Å²) in [5, 5.41) is 8.18. The molecule has 80 valence electrons. The fourth-order valence-electron chi connectivity index (χ4n) is 0.643. The first-order chi connectivity index (χ1) is 6.38. The van der Waals surface area contributed by atoms with Crippen LogP contribution in [0.1, 0.15) is 18.2 Å². The molecule has 0 aliphatic heterocycles.